The molecule has 0 aliphatic carbocycles. The van der Waals surface area contributed by atoms with E-state index in [-0.39, 0.29) is 0 Å². The Morgan fingerprint density at radius 3 is 3.00 bits per heavy atom. The molecule has 0 bridgehead atoms. The molecule has 1 rings (SSSR count). The van der Waals surface area contributed by atoms with Crippen LogP contribution in [0.3, 0.4) is 0 Å². The van der Waals surface area contributed by atoms with Gasteiger partial charge in [0.2, 0.25) is 0 Å². The number of halogens is 1. The third kappa shape index (κ3) is 3.09. The molecule has 12 heavy (non-hydrogen) atoms. The Morgan fingerprint density at radius 2 is 2.33 bits per heavy atom. The summed E-state index contributed by atoms with van der Waals surface area (Å²) in [6, 6.07) is 8.13. The molecule has 0 spiro atoms. The van der Waals surface area contributed by atoms with Gasteiger partial charge in [-0.1, -0.05) is 28.1 Å². The van der Waals surface area contributed by atoms with Crippen molar-refractivity contribution >= 4 is 21.6 Å². The molecular formula is C10H12BrN. The summed E-state index contributed by atoms with van der Waals surface area (Å²) in [5, 5.41) is 3.29. The average Bonchev–Trinajstić information content (AvgIpc) is 2.05. The first-order valence-electron chi connectivity index (χ1n) is 3.93. The lowest BCUT2D eigenvalue weighted by molar-refractivity contribution is 1.07. The maximum absolute atomic E-state index is 3.66. The van der Waals surface area contributed by atoms with Crippen LogP contribution in [0.5, 0.6) is 0 Å². The second kappa shape index (κ2) is 4.99. The zero-order valence-electron chi connectivity index (χ0n) is 6.89. The van der Waals surface area contributed by atoms with Crippen LogP contribution in [0.1, 0.15) is 6.42 Å². The van der Waals surface area contributed by atoms with E-state index < -0.39 is 0 Å². The molecule has 0 amide bonds. The van der Waals surface area contributed by atoms with Gasteiger partial charge in [0, 0.05) is 16.7 Å². The summed E-state index contributed by atoms with van der Waals surface area (Å²) in [7, 11) is 0. The van der Waals surface area contributed by atoms with Crippen molar-refractivity contribution in [3.8, 4) is 0 Å². The van der Waals surface area contributed by atoms with Gasteiger partial charge in [0.05, 0.1) is 0 Å². The summed E-state index contributed by atoms with van der Waals surface area (Å²) in [5.41, 5.74) is 1.14. The van der Waals surface area contributed by atoms with Crippen molar-refractivity contribution in [1.29, 1.82) is 0 Å². The summed E-state index contributed by atoms with van der Waals surface area (Å²) >= 11 is 3.41. The zero-order chi connectivity index (χ0) is 8.81. The molecule has 1 N–H and O–H groups in total. The van der Waals surface area contributed by atoms with Crippen LogP contribution in [-0.4, -0.2) is 6.54 Å². The Morgan fingerprint density at radius 1 is 1.50 bits per heavy atom. The van der Waals surface area contributed by atoms with E-state index in [4.69, 9.17) is 0 Å². The van der Waals surface area contributed by atoms with Gasteiger partial charge >= 0.3 is 0 Å². The molecule has 0 saturated carbocycles. The maximum atomic E-state index is 3.66. The molecule has 0 radical (unpaired) electrons. The molecule has 64 valence electrons. The molecule has 0 atom stereocenters. The van der Waals surface area contributed by atoms with Gasteiger partial charge in [0.15, 0.2) is 0 Å². The third-order valence-corrected chi connectivity index (χ3v) is 2.00. The van der Waals surface area contributed by atoms with Gasteiger partial charge in [-0.3, -0.25) is 0 Å². The molecule has 1 aromatic carbocycles. The van der Waals surface area contributed by atoms with Crippen LogP contribution in [0, 0.1) is 0 Å². The number of hydrogen-bond donors (Lipinski definition) is 1. The highest BCUT2D eigenvalue weighted by Crippen LogP contribution is 2.15. The van der Waals surface area contributed by atoms with Gasteiger partial charge in [0.1, 0.15) is 0 Å². The van der Waals surface area contributed by atoms with Crippen LogP contribution in [0.4, 0.5) is 5.69 Å². The van der Waals surface area contributed by atoms with E-state index in [1.807, 2.05) is 24.3 Å². The van der Waals surface area contributed by atoms with Crippen LogP contribution in [0.25, 0.3) is 0 Å². The highest BCUT2D eigenvalue weighted by Gasteiger charge is 1.90. The lowest BCUT2D eigenvalue weighted by Gasteiger charge is -2.03. The lowest BCUT2D eigenvalue weighted by Crippen LogP contribution is -1.99. The standard InChI is InChI=1S/C10H12BrN/c1-2-3-7-12-10-6-4-5-9(11)8-10/h2,4-6,8,12H,1,3,7H2. The summed E-state index contributed by atoms with van der Waals surface area (Å²) in [4.78, 5) is 0. The van der Waals surface area contributed by atoms with Crippen LogP contribution < -0.4 is 5.32 Å². The Hall–Kier alpha value is -0.760. The van der Waals surface area contributed by atoms with Crippen molar-refractivity contribution in [1.82, 2.24) is 0 Å². The summed E-state index contributed by atoms with van der Waals surface area (Å²) in [6.45, 7) is 4.60. The Bertz CT molecular complexity index is 258. The van der Waals surface area contributed by atoms with E-state index in [1.165, 1.54) is 0 Å². The predicted octanol–water partition coefficient (Wildman–Crippen LogP) is 3.44. The number of anilines is 1. The minimum Gasteiger partial charge on any atom is -0.385 e. The number of hydrogen-bond acceptors (Lipinski definition) is 1. The van der Waals surface area contributed by atoms with Gasteiger partial charge in [-0.2, -0.15) is 0 Å². The highest BCUT2D eigenvalue weighted by molar-refractivity contribution is 9.10. The topological polar surface area (TPSA) is 12.0 Å². The fourth-order valence-electron chi connectivity index (χ4n) is 0.917. The molecule has 0 aliphatic rings. The number of benzene rings is 1. The highest BCUT2D eigenvalue weighted by atomic mass is 79.9. The molecule has 0 aromatic heterocycles. The van der Waals surface area contributed by atoms with E-state index in [0.717, 1.165) is 23.1 Å². The Balaban J connectivity index is 2.46. The fraction of sp³-hybridized carbons (Fsp3) is 0.200. The van der Waals surface area contributed by atoms with Crippen molar-refractivity contribution in [3.05, 3.63) is 41.4 Å². The van der Waals surface area contributed by atoms with Gasteiger partial charge in [-0.25, -0.2) is 0 Å². The van der Waals surface area contributed by atoms with Gasteiger partial charge < -0.3 is 5.32 Å². The van der Waals surface area contributed by atoms with Crippen molar-refractivity contribution in [2.24, 2.45) is 0 Å². The molecule has 0 unspecified atom stereocenters. The van der Waals surface area contributed by atoms with Crippen LogP contribution in [0.2, 0.25) is 0 Å². The molecule has 1 nitrogen and oxygen atoms in total. The first-order chi connectivity index (χ1) is 5.83. The monoisotopic (exact) mass is 225 g/mol. The van der Waals surface area contributed by atoms with E-state index >= 15 is 0 Å². The fourth-order valence-corrected chi connectivity index (χ4v) is 1.32. The van der Waals surface area contributed by atoms with E-state index in [9.17, 15) is 0 Å². The minimum atomic E-state index is 0.944. The van der Waals surface area contributed by atoms with Crippen LogP contribution in [-0.2, 0) is 0 Å². The molecule has 2 heteroatoms. The smallest absolute Gasteiger partial charge is 0.0351 e. The van der Waals surface area contributed by atoms with Crippen molar-refractivity contribution in [3.63, 3.8) is 0 Å². The molecule has 0 fully saturated rings. The molecular weight excluding hydrogens is 214 g/mol. The molecule has 0 heterocycles. The molecule has 0 aliphatic heterocycles. The summed E-state index contributed by atoms with van der Waals surface area (Å²) in [6.07, 6.45) is 2.90. The van der Waals surface area contributed by atoms with E-state index in [0.29, 0.717) is 0 Å². The van der Waals surface area contributed by atoms with Crippen LogP contribution >= 0.6 is 15.9 Å². The van der Waals surface area contributed by atoms with E-state index in [2.05, 4.69) is 33.9 Å². The van der Waals surface area contributed by atoms with Crippen molar-refractivity contribution in [2.45, 2.75) is 6.42 Å². The number of rotatable bonds is 4. The molecule has 1 aromatic rings. The second-order valence-electron chi connectivity index (χ2n) is 2.51. The first kappa shape index (κ1) is 9.33. The Labute approximate surface area is 81.6 Å². The second-order valence-corrected chi connectivity index (χ2v) is 3.43. The van der Waals surface area contributed by atoms with Gasteiger partial charge in [0.25, 0.3) is 0 Å². The normalized spacial score (nSPS) is 9.42. The van der Waals surface area contributed by atoms with Crippen molar-refractivity contribution < 1.29 is 0 Å². The SMILES string of the molecule is C=CCCNc1cccc(Br)c1. The Kier molecular flexibility index (Phi) is 3.88. The quantitative estimate of drug-likeness (QED) is 0.612. The summed E-state index contributed by atoms with van der Waals surface area (Å²) < 4.78 is 1.10. The predicted molar refractivity (Wildman–Crippen MR) is 57.4 cm³/mol. The first-order valence-corrected chi connectivity index (χ1v) is 4.72. The largest absolute Gasteiger partial charge is 0.385 e. The van der Waals surface area contributed by atoms with Gasteiger partial charge in [-0.05, 0) is 24.6 Å². The zero-order valence-corrected chi connectivity index (χ0v) is 8.47. The summed E-state index contributed by atoms with van der Waals surface area (Å²) in [5.74, 6) is 0. The third-order valence-electron chi connectivity index (χ3n) is 1.50. The van der Waals surface area contributed by atoms with E-state index in [1.54, 1.807) is 0 Å². The average molecular weight is 226 g/mol. The van der Waals surface area contributed by atoms with Gasteiger partial charge in [-0.15, -0.1) is 6.58 Å². The number of nitrogens with one attached hydrogen (secondary N) is 1. The maximum Gasteiger partial charge on any atom is 0.0351 e. The van der Waals surface area contributed by atoms with Crippen LogP contribution in [0.15, 0.2) is 41.4 Å². The van der Waals surface area contributed by atoms with Crippen molar-refractivity contribution in [2.75, 3.05) is 11.9 Å². The molecule has 0 saturated heterocycles. The minimum absolute atomic E-state index is 0.944. The lowest BCUT2D eigenvalue weighted by atomic mass is 10.3.